The summed E-state index contributed by atoms with van der Waals surface area (Å²) < 4.78 is 5.96. The van der Waals surface area contributed by atoms with E-state index in [1.165, 1.54) is 64.5 Å². The highest BCUT2D eigenvalue weighted by Crippen LogP contribution is 2.33. The standard InChI is InChI=1S/C16H30N2O/c1-14-7-10-17-16(8-3-4-9-16)13-18(14)12-15-6-2-5-11-19-15/h14-15,17H,2-13H2,1H3. The van der Waals surface area contributed by atoms with Gasteiger partial charge in [-0.1, -0.05) is 12.8 Å². The third-order valence-electron chi connectivity index (χ3n) is 5.46. The Morgan fingerprint density at radius 3 is 2.74 bits per heavy atom. The van der Waals surface area contributed by atoms with Crippen LogP contribution in [0.25, 0.3) is 0 Å². The molecule has 3 aliphatic rings. The Balaban J connectivity index is 1.62. The minimum absolute atomic E-state index is 0.430. The highest BCUT2D eigenvalue weighted by Gasteiger charge is 2.38. The summed E-state index contributed by atoms with van der Waals surface area (Å²) in [6, 6.07) is 0.706. The molecule has 1 N–H and O–H groups in total. The lowest BCUT2D eigenvalue weighted by molar-refractivity contribution is -0.0155. The molecule has 2 aliphatic heterocycles. The van der Waals surface area contributed by atoms with E-state index in [0.717, 1.165) is 13.2 Å². The Hall–Kier alpha value is -0.120. The SMILES string of the molecule is CC1CCNC2(CCCC2)CN1CC1CCCCO1. The van der Waals surface area contributed by atoms with Gasteiger partial charge in [0, 0.05) is 31.3 Å². The molecule has 0 aromatic carbocycles. The van der Waals surface area contributed by atoms with Gasteiger partial charge in [0.1, 0.15) is 0 Å². The average Bonchev–Trinajstić information content (AvgIpc) is 2.81. The topological polar surface area (TPSA) is 24.5 Å². The van der Waals surface area contributed by atoms with Crippen LogP contribution in [0.3, 0.4) is 0 Å². The lowest BCUT2D eigenvalue weighted by atomic mass is 9.96. The van der Waals surface area contributed by atoms with Crippen LogP contribution in [0.4, 0.5) is 0 Å². The Bertz CT molecular complexity index is 282. The molecule has 3 fully saturated rings. The molecule has 110 valence electrons. The predicted octanol–water partition coefficient (Wildman–Crippen LogP) is 2.55. The summed E-state index contributed by atoms with van der Waals surface area (Å²) in [6.07, 6.45) is 11.2. The fraction of sp³-hybridized carbons (Fsp3) is 1.00. The molecule has 1 spiro atoms. The molecular formula is C16H30N2O. The summed E-state index contributed by atoms with van der Waals surface area (Å²) in [5, 5.41) is 3.87. The van der Waals surface area contributed by atoms with Crippen molar-refractivity contribution < 1.29 is 4.74 Å². The van der Waals surface area contributed by atoms with Gasteiger partial charge < -0.3 is 10.1 Å². The van der Waals surface area contributed by atoms with Crippen LogP contribution in [-0.2, 0) is 4.74 Å². The highest BCUT2D eigenvalue weighted by molar-refractivity contribution is 4.98. The number of nitrogens with one attached hydrogen (secondary N) is 1. The predicted molar refractivity (Wildman–Crippen MR) is 78.4 cm³/mol. The summed E-state index contributed by atoms with van der Waals surface area (Å²) in [5.41, 5.74) is 0.430. The summed E-state index contributed by atoms with van der Waals surface area (Å²) >= 11 is 0. The zero-order valence-electron chi connectivity index (χ0n) is 12.5. The maximum absolute atomic E-state index is 5.96. The highest BCUT2D eigenvalue weighted by atomic mass is 16.5. The van der Waals surface area contributed by atoms with Crippen molar-refractivity contribution in [1.29, 1.82) is 0 Å². The molecule has 3 rings (SSSR count). The van der Waals surface area contributed by atoms with E-state index >= 15 is 0 Å². The van der Waals surface area contributed by atoms with Crippen LogP contribution in [0.2, 0.25) is 0 Å². The molecule has 2 heterocycles. The summed E-state index contributed by atoms with van der Waals surface area (Å²) in [7, 11) is 0. The number of ether oxygens (including phenoxy) is 1. The second kappa shape index (κ2) is 6.11. The van der Waals surface area contributed by atoms with E-state index in [1.54, 1.807) is 0 Å². The number of nitrogens with zero attached hydrogens (tertiary/aromatic N) is 1. The van der Waals surface area contributed by atoms with Crippen LogP contribution in [0, 0.1) is 0 Å². The number of hydrogen-bond donors (Lipinski definition) is 1. The van der Waals surface area contributed by atoms with Gasteiger partial charge >= 0.3 is 0 Å². The first-order valence-electron chi connectivity index (χ1n) is 8.38. The van der Waals surface area contributed by atoms with Crippen molar-refractivity contribution in [2.75, 3.05) is 26.2 Å². The molecule has 3 nitrogen and oxygen atoms in total. The van der Waals surface area contributed by atoms with Crippen molar-refractivity contribution in [3.63, 3.8) is 0 Å². The van der Waals surface area contributed by atoms with Crippen molar-refractivity contribution >= 4 is 0 Å². The van der Waals surface area contributed by atoms with E-state index in [-0.39, 0.29) is 0 Å². The molecular weight excluding hydrogens is 236 g/mol. The normalized spacial score (nSPS) is 36.5. The van der Waals surface area contributed by atoms with Crippen LogP contribution in [0.5, 0.6) is 0 Å². The molecule has 1 saturated carbocycles. The van der Waals surface area contributed by atoms with E-state index in [0.29, 0.717) is 17.7 Å². The number of hydrogen-bond acceptors (Lipinski definition) is 3. The molecule has 0 radical (unpaired) electrons. The molecule has 19 heavy (non-hydrogen) atoms. The fourth-order valence-corrected chi connectivity index (χ4v) is 4.17. The molecule has 0 aromatic heterocycles. The Morgan fingerprint density at radius 1 is 1.16 bits per heavy atom. The van der Waals surface area contributed by atoms with E-state index < -0.39 is 0 Å². The van der Waals surface area contributed by atoms with Gasteiger partial charge in [-0.25, -0.2) is 0 Å². The number of rotatable bonds is 2. The minimum atomic E-state index is 0.430. The molecule has 2 saturated heterocycles. The lowest BCUT2D eigenvalue weighted by Crippen LogP contribution is -2.52. The molecule has 0 bridgehead atoms. The molecule has 2 unspecified atom stereocenters. The Morgan fingerprint density at radius 2 is 2.00 bits per heavy atom. The Labute approximate surface area is 118 Å². The van der Waals surface area contributed by atoms with Gasteiger partial charge in [0.15, 0.2) is 0 Å². The summed E-state index contributed by atoms with van der Waals surface area (Å²) in [4.78, 5) is 2.72. The molecule has 1 aliphatic carbocycles. The third-order valence-corrected chi connectivity index (χ3v) is 5.46. The first-order chi connectivity index (χ1) is 9.27. The Kier molecular flexibility index (Phi) is 4.45. The van der Waals surface area contributed by atoms with Gasteiger partial charge in [0.25, 0.3) is 0 Å². The van der Waals surface area contributed by atoms with Crippen molar-refractivity contribution in [1.82, 2.24) is 10.2 Å². The van der Waals surface area contributed by atoms with E-state index in [1.807, 2.05) is 0 Å². The van der Waals surface area contributed by atoms with Gasteiger partial charge in [0.2, 0.25) is 0 Å². The molecule has 2 atom stereocenters. The monoisotopic (exact) mass is 266 g/mol. The van der Waals surface area contributed by atoms with Gasteiger partial charge in [0.05, 0.1) is 6.10 Å². The zero-order valence-corrected chi connectivity index (χ0v) is 12.5. The maximum Gasteiger partial charge on any atom is 0.0702 e. The average molecular weight is 266 g/mol. The zero-order chi connectivity index (χ0) is 13.1. The van der Waals surface area contributed by atoms with Crippen molar-refractivity contribution in [2.24, 2.45) is 0 Å². The quantitative estimate of drug-likeness (QED) is 0.831. The third kappa shape index (κ3) is 3.32. The molecule has 0 amide bonds. The second-order valence-electron chi connectivity index (χ2n) is 6.97. The maximum atomic E-state index is 5.96. The van der Waals surface area contributed by atoms with Crippen LogP contribution in [-0.4, -0.2) is 48.8 Å². The lowest BCUT2D eigenvalue weighted by Gasteiger charge is -2.38. The van der Waals surface area contributed by atoms with Gasteiger partial charge in [-0.3, -0.25) is 4.90 Å². The largest absolute Gasteiger partial charge is 0.377 e. The van der Waals surface area contributed by atoms with Gasteiger partial charge in [-0.15, -0.1) is 0 Å². The van der Waals surface area contributed by atoms with Crippen molar-refractivity contribution in [3.8, 4) is 0 Å². The minimum Gasteiger partial charge on any atom is -0.377 e. The second-order valence-corrected chi connectivity index (χ2v) is 6.97. The first-order valence-corrected chi connectivity index (χ1v) is 8.38. The van der Waals surface area contributed by atoms with E-state index in [4.69, 9.17) is 4.74 Å². The smallest absolute Gasteiger partial charge is 0.0702 e. The molecule has 3 heteroatoms. The van der Waals surface area contributed by atoms with Crippen LogP contribution < -0.4 is 5.32 Å². The first kappa shape index (κ1) is 13.8. The fourth-order valence-electron chi connectivity index (χ4n) is 4.17. The summed E-state index contributed by atoms with van der Waals surface area (Å²) in [5.74, 6) is 0. The van der Waals surface area contributed by atoms with Crippen molar-refractivity contribution in [2.45, 2.75) is 76.0 Å². The van der Waals surface area contributed by atoms with E-state index in [2.05, 4.69) is 17.1 Å². The van der Waals surface area contributed by atoms with Crippen molar-refractivity contribution in [3.05, 3.63) is 0 Å². The van der Waals surface area contributed by atoms with Gasteiger partial charge in [-0.05, 0) is 52.0 Å². The van der Waals surface area contributed by atoms with Crippen LogP contribution in [0.1, 0.15) is 58.3 Å². The van der Waals surface area contributed by atoms with Gasteiger partial charge in [-0.2, -0.15) is 0 Å². The van der Waals surface area contributed by atoms with Crippen LogP contribution in [0.15, 0.2) is 0 Å². The van der Waals surface area contributed by atoms with Crippen LogP contribution >= 0.6 is 0 Å². The summed E-state index contributed by atoms with van der Waals surface area (Å²) in [6.45, 7) is 6.98. The molecule has 0 aromatic rings. The van der Waals surface area contributed by atoms with E-state index in [9.17, 15) is 0 Å².